The van der Waals surface area contributed by atoms with Gasteiger partial charge in [0.2, 0.25) is 0 Å². The molecule has 2 amide bonds. The van der Waals surface area contributed by atoms with Gasteiger partial charge in [-0.2, -0.15) is 0 Å². The molecule has 1 aromatic carbocycles. The number of halogens is 1. The highest BCUT2D eigenvalue weighted by Gasteiger charge is 2.17. The van der Waals surface area contributed by atoms with Gasteiger partial charge >= 0.3 is 0 Å². The van der Waals surface area contributed by atoms with E-state index < -0.39 is 5.91 Å². The van der Waals surface area contributed by atoms with Gasteiger partial charge < -0.3 is 16.4 Å². The molecule has 0 bridgehead atoms. The Bertz CT molecular complexity index is 1010. The van der Waals surface area contributed by atoms with Gasteiger partial charge in [0.25, 0.3) is 11.8 Å². The SMILES string of the molecule is Cc1ccc(C(=O)Nc2cccnc2)cc1NC(=O)c1ncnc(N)c1Cl. The molecule has 0 aliphatic heterocycles. The van der Waals surface area contributed by atoms with Crippen molar-refractivity contribution >= 4 is 40.6 Å². The number of nitrogens with one attached hydrogen (secondary N) is 2. The van der Waals surface area contributed by atoms with Crippen molar-refractivity contribution in [3.63, 3.8) is 0 Å². The Kier molecular flexibility index (Phi) is 5.28. The van der Waals surface area contributed by atoms with Crippen LogP contribution in [-0.2, 0) is 0 Å². The van der Waals surface area contributed by atoms with Crippen LogP contribution in [0, 0.1) is 6.92 Å². The molecule has 0 fully saturated rings. The number of benzene rings is 1. The summed E-state index contributed by atoms with van der Waals surface area (Å²) in [6, 6.07) is 8.39. The molecule has 3 aromatic rings. The standard InChI is InChI=1S/C18H15ClN6O2/c1-10-4-5-11(17(26)24-12-3-2-6-21-8-12)7-13(10)25-18(27)15-14(19)16(20)23-9-22-15/h2-9H,1H3,(H,24,26)(H,25,27)(H2,20,22,23). The molecule has 0 unspecified atom stereocenters. The third kappa shape index (κ3) is 4.18. The molecule has 2 heterocycles. The second kappa shape index (κ2) is 7.79. The van der Waals surface area contributed by atoms with E-state index in [1.54, 1.807) is 43.5 Å². The fourth-order valence-corrected chi connectivity index (χ4v) is 2.44. The van der Waals surface area contributed by atoms with Crippen molar-refractivity contribution in [3.05, 3.63) is 70.9 Å². The number of anilines is 3. The van der Waals surface area contributed by atoms with E-state index in [1.165, 1.54) is 6.20 Å². The molecular formula is C18H15ClN6O2. The first kappa shape index (κ1) is 18.3. The van der Waals surface area contributed by atoms with Crippen molar-refractivity contribution in [2.75, 3.05) is 16.4 Å². The first-order chi connectivity index (χ1) is 13.0. The number of nitrogen functional groups attached to an aromatic ring is 1. The summed E-state index contributed by atoms with van der Waals surface area (Å²) in [4.78, 5) is 36.4. The average Bonchev–Trinajstić information content (AvgIpc) is 2.66. The zero-order chi connectivity index (χ0) is 19.4. The summed E-state index contributed by atoms with van der Waals surface area (Å²) in [6.07, 6.45) is 4.30. The van der Waals surface area contributed by atoms with Gasteiger partial charge in [0.05, 0.1) is 11.9 Å². The number of amides is 2. The maximum atomic E-state index is 12.5. The molecular weight excluding hydrogens is 368 g/mol. The van der Waals surface area contributed by atoms with E-state index in [0.29, 0.717) is 16.9 Å². The molecule has 9 heteroatoms. The fourth-order valence-electron chi connectivity index (χ4n) is 2.26. The number of rotatable bonds is 4. The van der Waals surface area contributed by atoms with E-state index in [1.807, 2.05) is 0 Å². The van der Waals surface area contributed by atoms with E-state index in [2.05, 4.69) is 25.6 Å². The molecule has 0 atom stereocenters. The summed E-state index contributed by atoms with van der Waals surface area (Å²) < 4.78 is 0. The van der Waals surface area contributed by atoms with Crippen molar-refractivity contribution in [2.45, 2.75) is 6.92 Å². The largest absolute Gasteiger partial charge is 0.382 e. The topological polar surface area (TPSA) is 123 Å². The zero-order valence-corrected chi connectivity index (χ0v) is 15.0. The Labute approximate surface area is 159 Å². The summed E-state index contributed by atoms with van der Waals surface area (Å²) >= 11 is 5.99. The number of hydrogen-bond donors (Lipinski definition) is 3. The van der Waals surface area contributed by atoms with Crippen LogP contribution in [0.1, 0.15) is 26.4 Å². The summed E-state index contributed by atoms with van der Waals surface area (Å²) in [7, 11) is 0. The Hall–Kier alpha value is -3.52. The molecule has 136 valence electrons. The Morgan fingerprint density at radius 1 is 1.11 bits per heavy atom. The third-order valence-electron chi connectivity index (χ3n) is 3.70. The third-order valence-corrected chi connectivity index (χ3v) is 4.07. The highest BCUT2D eigenvalue weighted by atomic mass is 35.5. The quantitative estimate of drug-likeness (QED) is 0.637. The zero-order valence-electron chi connectivity index (χ0n) is 14.2. The molecule has 0 spiro atoms. The van der Waals surface area contributed by atoms with Crippen LogP contribution in [0.15, 0.2) is 49.1 Å². The number of carbonyl (C=O) groups is 2. The lowest BCUT2D eigenvalue weighted by Crippen LogP contribution is -2.17. The molecule has 4 N–H and O–H groups in total. The summed E-state index contributed by atoms with van der Waals surface area (Å²) in [5.41, 5.74) is 7.70. The number of carbonyl (C=O) groups excluding carboxylic acids is 2. The van der Waals surface area contributed by atoms with Crippen LogP contribution in [0.4, 0.5) is 17.2 Å². The van der Waals surface area contributed by atoms with E-state index in [-0.39, 0.29) is 22.4 Å². The molecule has 8 nitrogen and oxygen atoms in total. The molecule has 0 saturated heterocycles. The monoisotopic (exact) mass is 382 g/mol. The number of nitrogens with zero attached hydrogens (tertiary/aromatic N) is 3. The van der Waals surface area contributed by atoms with Crippen LogP contribution in [0.3, 0.4) is 0 Å². The lowest BCUT2D eigenvalue weighted by molar-refractivity contribution is 0.101. The first-order valence-electron chi connectivity index (χ1n) is 7.85. The van der Waals surface area contributed by atoms with E-state index in [4.69, 9.17) is 17.3 Å². The van der Waals surface area contributed by atoms with Crippen molar-refractivity contribution in [3.8, 4) is 0 Å². The van der Waals surface area contributed by atoms with Gasteiger partial charge in [-0.1, -0.05) is 17.7 Å². The van der Waals surface area contributed by atoms with Crippen LogP contribution in [0.5, 0.6) is 0 Å². The van der Waals surface area contributed by atoms with Crippen LogP contribution >= 0.6 is 11.6 Å². The fraction of sp³-hybridized carbons (Fsp3) is 0.0556. The minimum Gasteiger partial charge on any atom is -0.382 e. The number of aromatic nitrogens is 3. The van der Waals surface area contributed by atoms with Crippen LogP contribution in [0.2, 0.25) is 5.02 Å². The minimum absolute atomic E-state index is 0.0122. The van der Waals surface area contributed by atoms with Gasteiger partial charge in [0.1, 0.15) is 17.2 Å². The highest BCUT2D eigenvalue weighted by Crippen LogP contribution is 2.22. The predicted molar refractivity (Wildman–Crippen MR) is 103 cm³/mol. The van der Waals surface area contributed by atoms with Crippen molar-refractivity contribution in [1.29, 1.82) is 0 Å². The average molecular weight is 383 g/mol. The molecule has 0 aliphatic carbocycles. The van der Waals surface area contributed by atoms with Gasteiger partial charge in [0.15, 0.2) is 5.69 Å². The van der Waals surface area contributed by atoms with Gasteiger partial charge in [-0.05, 0) is 36.8 Å². The number of hydrogen-bond acceptors (Lipinski definition) is 6. The van der Waals surface area contributed by atoms with Gasteiger partial charge in [0, 0.05) is 17.4 Å². The molecule has 0 saturated carbocycles. The van der Waals surface area contributed by atoms with Crippen molar-refractivity contribution in [2.24, 2.45) is 0 Å². The maximum Gasteiger partial charge on any atom is 0.276 e. The molecule has 0 radical (unpaired) electrons. The summed E-state index contributed by atoms with van der Waals surface area (Å²) in [5, 5.41) is 5.40. The Morgan fingerprint density at radius 2 is 1.93 bits per heavy atom. The lowest BCUT2D eigenvalue weighted by Gasteiger charge is -2.11. The number of aryl methyl sites for hydroxylation is 1. The molecule has 27 heavy (non-hydrogen) atoms. The van der Waals surface area contributed by atoms with E-state index >= 15 is 0 Å². The van der Waals surface area contributed by atoms with Crippen LogP contribution in [-0.4, -0.2) is 26.8 Å². The molecule has 3 rings (SSSR count). The maximum absolute atomic E-state index is 12.5. The lowest BCUT2D eigenvalue weighted by atomic mass is 10.1. The predicted octanol–water partition coefficient (Wildman–Crippen LogP) is 2.92. The van der Waals surface area contributed by atoms with Gasteiger partial charge in [-0.15, -0.1) is 0 Å². The second-order valence-corrected chi connectivity index (χ2v) is 5.98. The summed E-state index contributed by atoms with van der Waals surface area (Å²) in [6.45, 7) is 1.80. The van der Waals surface area contributed by atoms with Gasteiger partial charge in [-0.25, -0.2) is 9.97 Å². The first-order valence-corrected chi connectivity index (χ1v) is 8.23. The van der Waals surface area contributed by atoms with Crippen molar-refractivity contribution in [1.82, 2.24) is 15.0 Å². The summed E-state index contributed by atoms with van der Waals surface area (Å²) in [5.74, 6) is -0.872. The number of nitrogens with two attached hydrogens (primary N) is 1. The minimum atomic E-state index is -0.554. The van der Waals surface area contributed by atoms with E-state index in [9.17, 15) is 9.59 Å². The second-order valence-electron chi connectivity index (χ2n) is 5.60. The Morgan fingerprint density at radius 3 is 2.67 bits per heavy atom. The van der Waals surface area contributed by atoms with E-state index in [0.717, 1.165) is 11.9 Å². The molecule has 0 aliphatic rings. The smallest absolute Gasteiger partial charge is 0.276 e. The Balaban J connectivity index is 1.82. The van der Waals surface area contributed by atoms with Crippen molar-refractivity contribution < 1.29 is 9.59 Å². The van der Waals surface area contributed by atoms with Crippen LogP contribution < -0.4 is 16.4 Å². The van der Waals surface area contributed by atoms with Crippen LogP contribution in [0.25, 0.3) is 0 Å². The highest BCUT2D eigenvalue weighted by molar-refractivity contribution is 6.36. The van der Waals surface area contributed by atoms with Gasteiger partial charge in [-0.3, -0.25) is 14.6 Å². The molecule has 2 aromatic heterocycles. The normalized spacial score (nSPS) is 10.3. The number of pyridine rings is 1.